The summed E-state index contributed by atoms with van der Waals surface area (Å²) in [5.41, 5.74) is -0.590. The van der Waals surface area contributed by atoms with E-state index in [0.717, 1.165) is 18.2 Å². The smallest absolute Gasteiger partial charge is 0.416 e. The van der Waals surface area contributed by atoms with E-state index in [0.29, 0.717) is 17.3 Å². The molecule has 0 heterocycles. The topological polar surface area (TPSA) is 49.3 Å². The maximum absolute atomic E-state index is 13.4. The average Bonchev–Trinajstić information content (AvgIpc) is 2.47. The highest BCUT2D eigenvalue weighted by Crippen LogP contribution is 2.35. The second kappa shape index (κ2) is 6.51. The van der Waals surface area contributed by atoms with Crippen molar-refractivity contribution in [3.8, 4) is 0 Å². The molecule has 0 bridgehead atoms. The van der Waals surface area contributed by atoms with Crippen LogP contribution >= 0.6 is 0 Å². The summed E-state index contributed by atoms with van der Waals surface area (Å²) in [7, 11) is 0. The minimum absolute atomic E-state index is 0.109. The van der Waals surface area contributed by atoms with E-state index in [4.69, 9.17) is 0 Å². The van der Waals surface area contributed by atoms with Crippen molar-refractivity contribution in [2.45, 2.75) is 25.9 Å². The molecule has 0 unspecified atom stereocenters. The molecule has 0 aliphatic heterocycles. The lowest BCUT2D eigenvalue weighted by atomic mass is 10.00. The quantitative estimate of drug-likeness (QED) is 0.731. The first-order valence-electron chi connectivity index (χ1n) is 7.10. The van der Waals surface area contributed by atoms with Gasteiger partial charge in [0.1, 0.15) is 5.82 Å². The van der Waals surface area contributed by atoms with Gasteiger partial charge in [-0.2, -0.15) is 13.2 Å². The lowest BCUT2D eigenvalue weighted by Gasteiger charge is -2.17. The average molecular weight is 341 g/mol. The number of hydrogen-bond donors (Lipinski definition) is 2. The van der Waals surface area contributed by atoms with Gasteiger partial charge in [0.2, 0.25) is 0 Å². The highest BCUT2D eigenvalue weighted by atomic mass is 19.4. The Morgan fingerprint density at radius 2 is 1.75 bits per heavy atom. The molecule has 128 valence electrons. The Labute approximate surface area is 135 Å². The Kier molecular flexibility index (Phi) is 4.82. The molecule has 0 amide bonds. The number of nitrogens with one attached hydrogen (secondary N) is 1. The van der Waals surface area contributed by atoms with Gasteiger partial charge in [-0.3, -0.25) is 0 Å². The summed E-state index contributed by atoms with van der Waals surface area (Å²) >= 11 is 0. The van der Waals surface area contributed by atoms with Crippen molar-refractivity contribution in [2.24, 2.45) is 0 Å². The molecule has 0 spiro atoms. The van der Waals surface area contributed by atoms with Crippen LogP contribution in [0.4, 0.5) is 28.9 Å². The minimum Gasteiger partial charge on any atom is -0.478 e. The van der Waals surface area contributed by atoms with Crippen molar-refractivity contribution < 1.29 is 27.5 Å². The number of carboxylic acids is 1. The highest BCUT2D eigenvalue weighted by Gasteiger charge is 2.31. The summed E-state index contributed by atoms with van der Waals surface area (Å²) in [6.07, 6.45) is -4.60. The molecule has 2 aromatic carbocycles. The molecule has 0 aromatic heterocycles. The van der Waals surface area contributed by atoms with Gasteiger partial charge in [-0.05, 0) is 47.9 Å². The fourth-order valence-corrected chi connectivity index (χ4v) is 2.28. The molecule has 2 aromatic rings. The van der Waals surface area contributed by atoms with Crippen molar-refractivity contribution in [1.82, 2.24) is 0 Å². The number of carbonyl (C=O) groups is 1. The van der Waals surface area contributed by atoms with Crippen LogP contribution < -0.4 is 5.32 Å². The summed E-state index contributed by atoms with van der Waals surface area (Å²) in [6.45, 7) is 3.59. The van der Waals surface area contributed by atoms with Gasteiger partial charge in [0.15, 0.2) is 0 Å². The monoisotopic (exact) mass is 341 g/mol. The Balaban J connectivity index is 2.54. The number of alkyl halides is 3. The molecule has 24 heavy (non-hydrogen) atoms. The second-order valence-corrected chi connectivity index (χ2v) is 5.57. The van der Waals surface area contributed by atoms with Crippen molar-refractivity contribution in [2.75, 3.05) is 5.32 Å². The number of carboxylic acid groups (broad SMARTS) is 1. The van der Waals surface area contributed by atoms with Gasteiger partial charge in [0.05, 0.1) is 16.8 Å². The van der Waals surface area contributed by atoms with Gasteiger partial charge in [0.25, 0.3) is 0 Å². The zero-order chi connectivity index (χ0) is 18.1. The number of anilines is 2. The SMILES string of the molecule is CC(C)c1cc(F)ccc1Nc1cc(C(F)(F)F)ccc1C(=O)O. The Morgan fingerprint density at radius 3 is 2.29 bits per heavy atom. The Hall–Kier alpha value is -2.57. The van der Waals surface area contributed by atoms with Crippen LogP contribution in [0.3, 0.4) is 0 Å². The maximum atomic E-state index is 13.4. The van der Waals surface area contributed by atoms with Crippen LogP contribution in [0, 0.1) is 5.82 Å². The first-order valence-corrected chi connectivity index (χ1v) is 7.10. The summed E-state index contributed by atoms with van der Waals surface area (Å²) in [6, 6.07) is 6.13. The van der Waals surface area contributed by atoms with E-state index in [9.17, 15) is 27.5 Å². The maximum Gasteiger partial charge on any atom is 0.416 e. The predicted octanol–water partition coefficient (Wildman–Crippen LogP) is 5.41. The molecule has 0 fully saturated rings. The van der Waals surface area contributed by atoms with Crippen molar-refractivity contribution in [1.29, 1.82) is 0 Å². The van der Waals surface area contributed by atoms with E-state index in [1.165, 1.54) is 12.1 Å². The third-order valence-electron chi connectivity index (χ3n) is 3.48. The minimum atomic E-state index is -4.60. The molecule has 0 atom stereocenters. The molecule has 0 aliphatic carbocycles. The van der Waals surface area contributed by atoms with Crippen LogP contribution in [-0.4, -0.2) is 11.1 Å². The Morgan fingerprint density at radius 1 is 1.08 bits per heavy atom. The third kappa shape index (κ3) is 3.84. The fourth-order valence-electron chi connectivity index (χ4n) is 2.28. The zero-order valence-corrected chi connectivity index (χ0v) is 12.9. The molecule has 0 aliphatic rings. The molecule has 7 heteroatoms. The molecule has 0 saturated heterocycles. The summed E-state index contributed by atoms with van der Waals surface area (Å²) in [5.74, 6) is -1.95. The lowest BCUT2D eigenvalue weighted by Crippen LogP contribution is -2.10. The van der Waals surface area contributed by atoms with E-state index in [1.807, 2.05) is 0 Å². The third-order valence-corrected chi connectivity index (χ3v) is 3.48. The fraction of sp³-hybridized carbons (Fsp3) is 0.235. The second-order valence-electron chi connectivity index (χ2n) is 5.57. The predicted molar refractivity (Wildman–Crippen MR) is 82.2 cm³/mol. The first kappa shape index (κ1) is 17.8. The number of hydrogen-bond acceptors (Lipinski definition) is 2. The normalized spacial score (nSPS) is 11.6. The summed E-state index contributed by atoms with van der Waals surface area (Å²) < 4.78 is 52.0. The molecular formula is C17H15F4NO2. The lowest BCUT2D eigenvalue weighted by molar-refractivity contribution is -0.137. The molecule has 0 saturated carbocycles. The van der Waals surface area contributed by atoms with E-state index in [2.05, 4.69) is 5.32 Å². The van der Waals surface area contributed by atoms with Gasteiger partial charge in [-0.1, -0.05) is 13.8 Å². The van der Waals surface area contributed by atoms with E-state index < -0.39 is 23.5 Å². The standard InChI is InChI=1S/C17H15F4NO2/c1-9(2)13-8-11(18)4-6-14(13)22-15-7-10(17(19,20)21)3-5-12(15)16(23)24/h3-9,22H,1-2H3,(H,23,24). The number of aromatic carboxylic acids is 1. The first-order chi connectivity index (χ1) is 11.1. The molecule has 3 nitrogen and oxygen atoms in total. The van der Waals surface area contributed by atoms with Crippen LogP contribution in [0.5, 0.6) is 0 Å². The molecule has 0 radical (unpaired) electrons. The number of rotatable bonds is 4. The summed E-state index contributed by atoms with van der Waals surface area (Å²) in [4.78, 5) is 11.3. The van der Waals surface area contributed by atoms with Crippen LogP contribution in [0.25, 0.3) is 0 Å². The van der Waals surface area contributed by atoms with Crippen molar-refractivity contribution >= 4 is 17.3 Å². The van der Waals surface area contributed by atoms with Crippen LogP contribution in [0.1, 0.15) is 41.3 Å². The highest BCUT2D eigenvalue weighted by molar-refractivity contribution is 5.95. The van der Waals surface area contributed by atoms with Crippen LogP contribution in [0.2, 0.25) is 0 Å². The molecule has 2 rings (SSSR count). The van der Waals surface area contributed by atoms with Crippen molar-refractivity contribution in [3.05, 3.63) is 58.9 Å². The van der Waals surface area contributed by atoms with Crippen LogP contribution in [-0.2, 0) is 6.18 Å². The van der Waals surface area contributed by atoms with Crippen LogP contribution in [0.15, 0.2) is 36.4 Å². The molecule has 2 N–H and O–H groups in total. The zero-order valence-electron chi connectivity index (χ0n) is 12.9. The number of benzene rings is 2. The van der Waals surface area contributed by atoms with E-state index in [1.54, 1.807) is 13.8 Å². The van der Waals surface area contributed by atoms with Gasteiger partial charge in [-0.25, -0.2) is 9.18 Å². The van der Waals surface area contributed by atoms with E-state index in [-0.39, 0.29) is 17.2 Å². The number of halogens is 4. The van der Waals surface area contributed by atoms with Gasteiger partial charge >= 0.3 is 12.1 Å². The van der Waals surface area contributed by atoms with Gasteiger partial charge in [-0.15, -0.1) is 0 Å². The van der Waals surface area contributed by atoms with Gasteiger partial charge in [0, 0.05) is 5.69 Å². The van der Waals surface area contributed by atoms with E-state index >= 15 is 0 Å². The summed E-state index contributed by atoms with van der Waals surface area (Å²) in [5, 5.41) is 11.9. The molecular weight excluding hydrogens is 326 g/mol. The van der Waals surface area contributed by atoms with Crippen molar-refractivity contribution in [3.63, 3.8) is 0 Å². The Bertz CT molecular complexity index is 770. The van der Waals surface area contributed by atoms with Gasteiger partial charge < -0.3 is 10.4 Å². The largest absolute Gasteiger partial charge is 0.478 e.